The van der Waals surface area contributed by atoms with E-state index in [2.05, 4.69) is 15.2 Å². The van der Waals surface area contributed by atoms with Crippen LogP contribution in [-0.2, 0) is 19.6 Å². The second-order valence-electron chi connectivity index (χ2n) is 9.37. The smallest absolute Gasteiger partial charge is 0.256 e. The average Bonchev–Trinajstić information content (AvgIpc) is 3.48. The molecule has 2 saturated heterocycles. The molecule has 11 nitrogen and oxygen atoms in total. The Morgan fingerprint density at radius 3 is 2.51 bits per heavy atom. The lowest BCUT2D eigenvalue weighted by molar-refractivity contribution is -0.123. The van der Waals surface area contributed by atoms with Gasteiger partial charge in [0.25, 0.3) is 5.91 Å². The van der Waals surface area contributed by atoms with Gasteiger partial charge in [0.1, 0.15) is 17.6 Å². The number of carbonyl (C=O) groups excluding carboxylic acids is 2. The molecule has 0 unspecified atom stereocenters. The third-order valence-corrected chi connectivity index (χ3v) is 8.11. The van der Waals surface area contributed by atoms with Crippen LogP contribution in [0.5, 0.6) is 0 Å². The summed E-state index contributed by atoms with van der Waals surface area (Å²) in [5.74, 6) is 0.133. The number of amides is 2. The SMILES string of the molecule is C[C@@H]1CN(c2cccc(-c3csc(NC(=O)[C@H]4CCN4C(=O)c4ccn(S(C)(=O)=O)c4)n3)n2)C[C@H](C)O1. The number of pyridine rings is 1. The summed E-state index contributed by atoms with van der Waals surface area (Å²) in [6, 6.07) is 6.58. The van der Waals surface area contributed by atoms with Crippen molar-refractivity contribution in [3.05, 3.63) is 47.6 Å². The highest BCUT2D eigenvalue weighted by Gasteiger charge is 2.38. The zero-order valence-electron chi connectivity index (χ0n) is 20.7. The molecule has 3 aromatic rings. The lowest BCUT2D eigenvalue weighted by Gasteiger charge is -2.39. The van der Waals surface area contributed by atoms with Gasteiger partial charge in [0.2, 0.25) is 15.9 Å². The first-order valence-corrected chi connectivity index (χ1v) is 14.6. The number of nitrogens with zero attached hydrogens (tertiary/aromatic N) is 5. The molecule has 37 heavy (non-hydrogen) atoms. The maximum absolute atomic E-state index is 12.9. The van der Waals surface area contributed by atoms with E-state index >= 15 is 0 Å². The van der Waals surface area contributed by atoms with E-state index in [0.29, 0.717) is 29.5 Å². The van der Waals surface area contributed by atoms with Crippen LogP contribution < -0.4 is 10.2 Å². The van der Waals surface area contributed by atoms with Crippen molar-refractivity contribution in [1.29, 1.82) is 0 Å². The van der Waals surface area contributed by atoms with E-state index in [1.54, 1.807) is 0 Å². The average molecular weight is 545 g/mol. The predicted octanol–water partition coefficient (Wildman–Crippen LogP) is 2.28. The van der Waals surface area contributed by atoms with Crippen LogP contribution in [0.4, 0.5) is 10.9 Å². The monoisotopic (exact) mass is 544 g/mol. The molecular formula is C24H28N6O5S2. The van der Waals surface area contributed by atoms with E-state index in [-0.39, 0.29) is 29.6 Å². The predicted molar refractivity (Wildman–Crippen MR) is 140 cm³/mol. The van der Waals surface area contributed by atoms with Gasteiger partial charge in [-0.1, -0.05) is 6.07 Å². The van der Waals surface area contributed by atoms with Crippen molar-refractivity contribution in [3.8, 4) is 11.4 Å². The van der Waals surface area contributed by atoms with Gasteiger partial charge in [-0.2, -0.15) is 0 Å². The highest BCUT2D eigenvalue weighted by atomic mass is 32.2. The summed E-state index contributed by atoms with van der Waals surface area (Å²) in [7, 11) is -3.49. The molecule has 13 heteroatoms. The fraction of sp³-hybridized carbons (Fsp3) is 0.417. The molecule has 0 aromatic carbocycles. The number of likely N-dealkylation sites (tertiary alicyclic amines) is 1. The second kappa shape index (κ2) is 9.88. The van der Waals surface area contributed by atoms with Crippen LogP contribution in [-0.4, -0.2) is 83.2 Å². The van der Waals surface area contributed by atoms with E-state index in [1.807, 2.05) is 37.4 Å². The lowest BCUT2D eigenvalue weighted by Crippen LogP contribution is -2.56. The Balaban J connectivity index is 1.24. The van der Waals surface area contributed by atoms with Crippen LogP contribution in [0.3, 0.4) is 0 Å². The summed E-state index contributed by atoms with van der Waals surface area (Å²) >= 11 is 1.29. The maximum atomic E-state index is 12.9. The van der Waals surface area contributed by atoms with Crippen molar-refractivity contribution in [3.63, 3.8) is 0 Å². The van der Waals surface area contributed by atoms with E-state index in [1.165, 1.54) is 34.7 Å². The first-order valence-electron chi connectivity index (χ1n) is 11.9. The van der Waals surface area contributed by atoms with Crippen molar-refractivity contribution >= 4 is 44.1 Å². The van der Waals surface area contributed by atoms with Gasteiger partial charge in [-0.25, -0.2) is 18.4 Å². The molecule has 5 heterocycles. The first-order chi connectivity index (χ1) is 17.6. The number of rotatable bonds is 6. The van der Waals surface area contributed by atoms with E-state index < -0.39 is 16.1 Å². The van der Waals surface area contributed by atoms with Crippen molar-refractivity contribution in [1.82, 2.24) is 18.8 Å². The first kappa shape index (κ1) is 25.4. The maximum Gasteiger partial charge on any atom is 0.256 e. The molecular weight excluding hydrogens is 516 g/mol. The largest absolute Gasteiger partial charge is 0.372 e. The highest BCUT2D eigenvalue weighted by Crippen LogP contribution is 2.28. The van der Waals surface area contributed by atoms with Crippen LogP contribution in [0.2, 0.25) is 0 Å². The molecule has 0 spiro atoms. The van der Waals surface area contributed by atoms with Crippen LogP contribution in [0.15, 0.2) is 42.0 Å². The summed E-state index contributed by atoms with van der Waals surface area (Å²) in [5.41, 5.74) is 1.58. The molecule has 0 aliphatic carbocycles. The minimum absolute atomic E-state index is 0.118. The molecule has 1 N–H and O–H groups in total. The third-order valence-electron chi connectivity index (χ3n) is 6.36. The topological polar surface area (TPSA) is 127 Å². The second-order valence-corrected chi connectivity index (χ2v) is 12.1. The van der Waals surface area contributed by atoms with Crippen LogP contribution in [0, 0.1) is 0 Å². The van der Waals surface area contributed by atoms with Gasteiger partial charge in [0, 0.05) is 37.4 Å². The minimum Gasteiger partial charge on any atom is -0.372 e. The summed E-state index contributed by atoms with van der Waals surface area (Å²) < 4.78 is 30.2. The van der Waals surface area contributed by atoms with Crippen LogP contribution in [0.25, 0.3) is 11.4 Å². The highest BCUT2D eigenvalue weighted by molar-refractivity contribution is 7.89. The van der Waals surface area contributed by atoms with Crippen LogP contribution >= 0.6 is 11.3 Å². The Kier molecular flexibility index (Phi) is 6.77. The quantitative estimate of drug-likeness (QED) is 0.501. The Labute approximate surface area is 219 Å². The third kappa shape index (κ3) is 5.38. The Morgan fingerprint density at radius 2 is 1.86 bits per heavy atom. The summed E-state index contributed by atoms with van der Waals surface area (Å²) in [6.07, 6.45) is 4.39. The van der Waals surface area contributed by atoms with E-state index in [0.717, 1.165) is 29.1 Å². The molecule has 0 bridgehead atoms. The molecule has 2 aliphatic rings. The zero-order valence-corrected chi connectivity index (χ0v) is 22.3. The summed E-state index contributed by atoms with van der Waals surface area (Å²) in [4.78, 5) is 38.7. The summed E-state index contributed by atoms with van der Waals surface area (Å²) in [6.45, 7) is 6.03. The van der Waals surface area contributed by atoms with Gasteiger partial charge in [-0.3, -0.25) is 13.6 Å². The fourth-order valence-electron chi connectivity index (χ4n) is 4.52. The molecule has 3 aromatic heterocycles. The van der Waals surface area contributed by atoms with Crippen molar-refractivity contribution in [2.75, 3.05) is 36.1 Å². The zero-order chi connectivity index (χ0) is 26.3. The molecule has 196 valence electrons. The molecule has 2 fully saturated rings. The molecule has 5 rings (SSSR count). The van der Waals surface area contributed by atoms with Crippen molar-refractivity contribution in [2.45, 2.75) is 38.5 Å². The minimum atomic E-state index is -3.49. The van der Waals surface area contributed by atoms with E-state index in [4.69, 9.17) is 9.72 Å². The Hall–Kier alpha value is -3.29. The normalized spacial score (nSPS) is 22.0. The number of morpholine rings is 1. The van der Waals surface area contributed by atoms with Gasteiger partial charge in [-0.15, -0.1) is 11.3 Å². The molecule has 3 atom stereocenters. The number of aromatic nitrogens is 3. The number of hydrogen-bond donors (Lipinski definition) is 1. The van der Waals surface area contributed by atoms with Crippen molar-refractivity contribution < 1.29 is 22.7 Å². The fourth-order valence-corrected chi connectivity index (χ4v) is 5.82. The number of anilines is 2. The van der Waals surface area contributed by atoms with Gasteiger partial charge in [-0.05, 0) is 38.5 Å². The summed E-state index contributed by atoms with van der Waals surface area (Å²) in [5, 5.41) is 5.07. The lowest BCUT2D eigenvalue weighted by atomic mass is 10.0. The molecule has 2 amide bonds. The number of hydrogen-bond acceptors (Lipinski definition) is 9. The number of ether oxygens (including phenoxy) is 1. The number of carbonyl (C=O) groups is 2. The number of thiazole rings is 1. The molecule has 2 aliphatic heterocycles. The van der Waals surface area contributed by atoms with Gasteiger partial charge < -0.3 is 19.9 Å². The molecule has 0 radical (unpaired) electrons. The Bertz CT molecular complexity index is 1420. The standard InChI is InChI=1S/C24H28N6O5S2/c1-15-11-28(12-16(2)35-15)21-6-4-5-18(25-21)19-14-36-24(26-19)27-22(31)20-8-10-30(20)23(32)17-7-9-29(13-17)37(3,33)34/h4-7,9,13-16,20H,8,10-12H2,1-3H3,(H,26,27,31)/t15-,16+,20-/m1/s1. The van der Waals surface area contributed by atoms with Crippen molar-refractivity contribution in [2.24, 2.45) is 0 Å². The Morgan fingerprint density at radius 1 is 1.11 bits per heavy atom. The van der Waals surface area contributed by atoms with Gasteiger partial charge in [0.15, 0.2) is 5.13 Å². The van der Waals surface area contributed by atoms with Gasteiger partial charge in [0.05, 0.1) is 29.7 Å². The van der Waals surface area contributed by atoms with Crippen LogP contribution in [0.1, 0.15) is 30.6 Å². The van der Waals surface area contributed by atoms with E-state index in [9.17, 15) is 18.0 Å². The number of nitrogens with one attached hydrogen (secondary N) is 1. The molecule has 0 saturated carbocycles. The van der Waals surface area contributed by atoms with Gasteiger partial charge >= 0.3 is 0 Å².